The van der Waals surface area contributed by atoms with Crippen molar-refractivity contribution in [1.82, 2.24) is 4.72 Å². The van der Waals surface area contributed by atoms with Crippen molar-refractivity contribution in [2.24, 2.45) is 0 Å². The maximum atomic E-state index is 12.6. The lowest BCUT2D eigenvalue weighted by atomic mass is 10.0. The van der Waals surface area contributed by atoms with Gasteiger partial charge in [0.05, 0.1) is 18.0 Å². The van der Waals surface area contributed by atoms with Gasteiger partial charge in [0.1, 0.15) is 5.75 Å². The van der Waals surface area contributed by atoms with Gasteiger partial charge in [-0.05, 0) is 55.2 Å². The summed E-state index contributed by atoms with van der Waals surface area (Å²) in [5.74, 6) is 0.158. The smallest absolute Gasteiger partial charge is 0.242 e. The molecule has 0 heterocycles. The second kappa shape index (κ2) is 9.01. The average Bonchev–Trinajstić information content (AvgIpc) is 2.67. The molecule has 1 unspecified atom stereocenters. The third kappa shape index (κ3) is 5.08. The molecule has 0 aliphatic rings. The molecule has 2 N–H and O–H groups in total. The van der Waals surface area contributed by atoms with Crippen molar-refractivity contribution >= 4 is 21.6 Å². The Hall–Kier alpha value is -2.38. The van der Waals surface area contributed by atoms with Crippen molar-refractivity contribution < 1.29 is 17.9 Å². The summed E-state index contributed by atoms with van der Waals surface area (Å²) in [6.07, 6.45) is 1.55. The van der Waals surface area contributed by atoms with Crippen molar-refractivity contribution in [3.05, 3.63) is 53.6 Å². The van der Waals surface area contributed by atoms with Crippen LogP contribution in [-0.4, -0.2) is 27.5 Å². The quantitative estimate of drug-likeness (QED) is 0.725. The summed E-state index contributed by atoms with van der Waals surface area (Å²) in [6.45, 7) is 5.55. The van der Waals surface area contributed by atoms with E-state index in [2.05, 4.69) is 10.0 Å². The van der Waals surface area contributed by atoms with Gasteiger partial charge in [-0.1, -0.05) is 32.0 Å². The van der Waals surface area contributed by atoms with Crippen LogP contribution in [0.25, 0.3) is 0 Å². The topological polar surface area (TPSA) is 84.5 Å². The first-order valence-electron chi connectivity index (χ1n) is 8.90. The number of methoxy groups -OCH3 is 1. The fourth-order valence-electron chi connectivity index (χ4n) is 2.74. The highest BCUT2D eigenvalue weighted by Gasteiger charge is 2.23. The van der Waals surface area contributed by atoms with Gasteiger partial charge in [0.15, 0.2) is 0 Å². The Balaban J connectivity index is 2.16. The van der Waals surface area contributed by atoms with Crippen LogP contribution in [0.4, 0.5) is 5.69 Å². The molecule has 1 amide bonds. The van der Waals surface area contributed by atoms with Crippen LogP contribution >= 0.6 is 0 Å². The highest BCUT2D eigenvalue weighted by molar-refractivity contribution is 7.89. The molecule has 0 saturated heterocycles. The van der Waals surface area contributed by atoms with Gasteiger partial charge in [0.25, 0.3) is 0 Å². The largest absolute Gasteiger partial charge is 0.497 e. The molecule has 6 nitrogen and oxygen atoms in total. The first kappa shape index (κ1) is 20.9. The lowest BCUT2D eigenvalue weighted by molar-refractivity contribution is -0.117. The lowest BCUT2D eigenvalue weighted by Crippen LogP contribution is -2.41. The van der Waals surface area contributed by atoms with Gasteiger partial charge in [-0.3, -0.25) is 4.79 Å². The van der Waals surface area contributed by atoms with E-state index in [1.54, 1.807) is 12.1 Å². The number of benzene rings is 2. The van der Waals surface area contributed by atoms with Crippen molar-refractivity contribution in [3.63, 3.8) is 0 Å². The summed E-state index contributed by atoms with van der Waals surface area (Å²) in [4.78, 5) is 12.7. The number of ether oxygens (including phenoxy) is 1. The number of amides is 1. The second-order valence-corrected chi connectivity index (χ2v) is 7.88. The summed E-state index contributed by atoms with van der Waals surface area (Å²) in [5, 5.41) is 2.89. The zero-order valence-corrected chi connectivity index (χ0v) is 16.9. The predicted molar refractivity (Wildman–Crippen MR) is 107 cm³/mol. The van der Waals surface area contributed by atoms with Gasteiger partial charge in [-0.15, -0.1) is 0 Å². The molecule has 0 saturated carbocycles. The molecular formula is C20H26N2O4S. The zero-order valence-electron chi connectivity index (χ0n) is 16.1. The van der Waals surface area contributed by atoms with E-state index in [0.29, 0.717) is 5.75 Å². The Labute approximate surface area is 161 Å². The minimum Gasteiger partial charge on any atom is -0.497 e. The van der Waals surface area contributed by atoms with Crippen LogP contribution in [0, 0.1) is 0 Å². The SMILES string of the molecule is CCc1cccc(CC)c1NC(=O)C(C)NS(=O)(=O)c1ccc(OC)cc1. The maximum Gasteiger partial charge on any atom is 0.242 e. The Kier molecular flexibility index (Phi) is 6.98. The molecule has 2 aromatic rings. The molecule has 0 spiro atoms. The third-order valence-electron chi connectivity index (χ3n) is 4.34. The van der Waals surface area contributed by atoms with Gasteiger partial charge >= 0.3 is 0 Å². The number of hydrogen-bond donors (Lipinski definition) is 2. The van der Waals surface area contributed by atoms with Crippen LogP contribution in [0.2, 0.25) is 0 Å². The Morgan fingerprint density at radius 1 is 1.04 bits per heavy atom. The minimum absolute atomic E-state index is 0.0751. The number of anilines is 1. The number of nitrogens with one attached hydrogen (secondary N) is 2. The summed E-state index contributed by atoms with van der Waals surface area (Å²) in [6, 6.07) is 11.0. The zero-order chi connectivity index (χ0) is 20.0. The van der Waals surface area contributed by atoms with Gasteiger partial charge < -0.3 is 10.1 Å². The number of hydrogen-bond acceptors (Lipinski definition) is 4. The number of carbonyl (C=O) groups excluding carboxylic acids is 1. The first-order valence-corrected chi connectivity index (χ1v) is 10.4. The van der Waals surface area contributed by atoms with E-state index >= 15 is 0 Å². The van der Waals surface area contributed by atoms with E-state index in [0.717, 1.165) is 29.7 Å². The normalized spacial score (nSPS) is 12.4. The Morgan fingerprint density at radius 3 is 2.07 bits per heavy atom. The second-order valence-electron chi connectivity index (χ2n) is 6.17. The maximum absolute atomic E-state index is 12.6. The standard InChI is InChI=1S/C20H26N2O4S/c1-5-15-8-7-9-16(6-2)19(15)21-20(23)14(3)22-27(24,25)18-12-10-17(26-4)11-13-18/h7-14,22H,5-6H2,1-4H3,(H,21,23). The minimum atomic E-state index is -3.82. The molecule has 7 heteroatoms. The van der Waals surface area contributed by atoms with Crippen LogP contribution in [0.3, 0.4) is 0 Å². The number of sulfonamides is 1. The molecule has 146 valence electrons. The summed E-state index contributed by atoms with van der Waals surface area (Å²) < 4.78 is 32.5. The third-order valence-corrected chi connectivity index (χ3v) is 5.90. The van der Waals surface area contributed by atoms with Crippen molar-refractivity contribution in [2.45, 2.75) is 44.6 Å². The lowest BCUT2D eigenvalue weighted by Gasteiger charge is -2.18. The molecule has 0 aromatic heterocycles. The van der Waals surface area contributed by atoms with Crippen LogP contribution in [-0.2, 0) is 27.7 Å². The van der Waals surface area contributed by atoms with Crippen molar-refractivity contribution in [3.8, 4) is 5.75 Å². The molecular weight excluding hydrogens is 364 g/mol. The van der Waals surface area contributed by atoms with Gasteiger partial charge in [0, 0.05) is 5.69 Å². The van der Waals surface area contributed by atoms with Crippen LogP contribution in [0.5, 0.6) is 5.75 Å². The van der Waals surface area contributed by atoms with E-state index < -0.39 is 22.0 Å². The fourth-order valence-corrected chi connectivity index (χ4v) is 3.95. The molecule has 0 radical (unpaired) electrons. The molecule has 27 heavy (non-hydrogen) atoms. The highest BCUT2D eigenvalue weighted by Crippen LogP contribution is 2.23. The summed E-state index contributed by atoms with van der Waals surface area (Å²) in [7, 11) is -2.31. The highest BCUT2D eigenvalue weighted by atomic mass is 32.2. The van der Waals surface area contributed by atoms with Gasteiger partial charge in [-0.2, -0.15) is 4.72 Å². The number of rotatable bonds is 8. The van der Waals surface area contributed by atoms with E-state index in [4.69, 9.17) is 4.74 Å². The van der Waals surface area contributed by atoms with Crippen LogP contribution in [0.1, 0.15) is 31.9 Å². The average molecular weight is 391 g/mol. The molecule has 1 atom stereocenters. The Morgan fingerprint density at radius 2 is 1.59 bits per heavy atom. The predicted octanol–water partition coefficient (Wildman–Crippen LogP) is 3.13. The van der Waals surface area contributed by atoms with E-state index in [1.165, 1.54) is 26.2 Å². The summed E-state index contributed by atoms with van der Waals surface area (Å²) in [5.41, 5.74) is 2.81. The molecule has 0 aliphatic heterocycles. The molecule has 2 aromatic carbocycles. The van der Waals surface area contributed by atoms with E-state index in [9.17, 15) is 13.2 Å². The van der Waals surface area contributed by atoms with E-state index in [-0.39, 0.29) is 4.90 Å². The van der Waals surface area contributed by atoms with Crippen LogP contribution < -0.4 is 14.8 Å². The fraction of sp³-hybridized carbons (Fsp3) is 0.350. The molecule has 0 bridgehead atoms. The Bertz CT molecular complexity index is 870. The van der Waals surface area contributed by atoms with Crippen molar-refractivity contribution in [2.75, 3.05) is 12.4 Å². The molecule has 2 rings (SSSR count). The van der Waals surface area contributed by atoms with Gasteiger partial charge in [-0.25, -0.2) is 8.42 Å². The van der Waals surface area contributed by atoms with E-state index in [1.807, 2.05) is 32.0 Å². The first-order chi connectivity index (χ1) is 12.8. The van der Waals surface area contributed by atoms with Gasteiger partial charge in [0.2, 0.25) is 15.9 Å². The number of aryl methyl sites for hydroxylation is 2. The molecule has 0 aliphatic carbocycles. The van der Waals surface area contributed by atoms with Crippen molar-refractivity contribution in [1.29, 1.82) is 0 Å². The summed E-state index contributed by atoms with van der Waals surface area (Å²) >= 11 is 0. The number of para-hydroxylation sites is 1. The number of carbonyl (C=O) groups is 1. The monoisotopic (exact) mass is 390 g/mol. The molecule has 0 fully saturated rings. The van der Waals surface area contributed by atoms with Crippen LogP contribution in [0.15, 0.2) is 47.4 Å².